The maximum Gasteiger partial charge on any atom is 0.157 e. The van der Waals surface area contributed by atoms with Gasteiger partial charge < -0.3 is 0 Å². The Morgan fingerprint density at radius 1 is 1.26 bits per heavy atom. The molecule has 3 aromatic rings. The molecule has 0 saturated carbocycles. The molecule has 0 N–H and O–H groups in total. The topological polar surface area (TPSA) is 54.0 Å². The van der Waals surface area contributed by atoms with Gasteiger partial charge in [-0.15, -0.1) is 0 Å². The molecule has 0 aliphatic heterocycles. The van der Waals surface area contributed by atoms with E-state index in [1.165, 1.54) is 0 Å². The molecule has 19 heavy (non-hydrogen) atoms. The zero-order valence-electron chi connectivity index (χ0n) is 9.51. The van der Waals surface area contributed by atoms with Crippen molar-refractivity contribution in [2.45, 2.75) is 0 Å². The highest BCUT2D eigenvalue weighted by molar-refractivity contribution is 6.36. The van der Waals surface area contributed by atoms with Gasteiger partial charge in [0.1, 0.15) is 11.8 Å². The molecule has 0 saturated heterocycles. The Morgan fingerprint density at radius 2 is 2.11 bits per heavy atom. The van der Waals surface area contributed by atoms with Crippen LogP contribution in [0.1, 0.15) is 5.69 Å². The molecule has 0 radical (unpaired) electrons. The minimum Gasteiger partial charge on any atom is -0.288 e. The summed E-state index contributed by atoms with van der Waals surface area (Å²) in [5, 5.41) is 10.2. The molecule has 0 aromatic carbocycles. The minimum absolute atomic E-state index is 0.359. The van der Waals surface area contributed by atoms with E-state index in [-0.39, 0.29) is 0 Å². The second-order valence-corrected chi connectivity index (χ2v) is 4.68. The summed E-state index contributed by atoms with van der Waals surface area (Å²) in [5.74, 6) is 0. The largest absolute Gasteiger partial charge is 0.288 e. The molecule has 0 bridgehead atoms. The van der Waals surface area contributed by atoms with Gasteiger partial charge in [0, 0.05) is 12.4 Å². The highest BCUT2D eigenvalue weighted by Gasteiger charge is 2.16. The summed E-state index contributed by atoms with van der Waals surface area (Å²) in [5.41, 5.74) is 1.96. The van der Waals surface area contributed by atoms with Crippen molar-refractivity contribution < 1.29 is 0 Å². The van der Waals surface area contributed by atoms with Crippen LogP contribution in [0.3, 0.4) is 0 Å². The summed E-state index contributed by atoms with van der Waals surface area (Å²) in [4.78, 5) is 8.58. The monoisotopic (exact) mass is 288 g/mol. The lowest BCUT2D eigenvalue weighted by Crippen LogP contribution is -1.90. The van der Waals surface area contributed by atoms with Crippen LogP contribution in [0.2, 0.25) is 10.0 Å². The first-order valence-corrected chi connectivity index (χ1v) is 6.15. The van der Waals surface area contributed by atoms with E-state index in [1.54, 1.807) is 35.0 Å². The number of hydrogen-bond acceptors (Lipinski definition) is 3. The predicted molar refractivity (Wildman–Crippen MR) is 73.2 cm³/mol. The molecule has 0 spiro atoms. The number of hydrogen-bond donors (Lipinski definition) is 0. The highest BCUT2D eigenvalue weighted by atomic mass is 35.5. The van der Waals surface area contributed by atoms with Gasteiger partial charge in [0.05, 0.1) is 15.7 Å². The molecular weight excluding hydrogens is 283 g/mol. The smallest absolute Gasteiger partial charge is 0.157 e. The van der Waals surface area contributed by atoms with E-state index in [1.807, 2.05) is 6.07 Å². The van der Waals surface area contributed by atoms with Crippen molar-refractivity contribution in [3.8, 4) is 17.5 Å². The van der Waals surface area contributed by atoms with Gasteiger partial charge in [-0.25, -0.2) is 4.98 Å². The van der Waals surface area contributed by atoms with Crippen LogP contribution in [-0.2, 0) is 0 Å². The van der Waals surface area contributed by atoms with E-state index in [0.717, 1.165) is 0 Å². The van der Waals surface area contributed by atoms with Gasteiger partial charge in [0.2, 0.25) is 0 Å². The SMILES string of the molecule is N#Cc1c(-c2ccccn2)nc2c(Cl)cc(Cl)cn12. The van der Waals surface area contributed by atoms with E-state index in [4.69, 9.17) is 23.2 Å². The van der Waals surface area contributed by atoms with Gasteiger partial charge in [-0.05, 0) is 18.2 Å². The number of halogens is 2. The fraction of sp³-hybridized carbons (Fsp3) is 0. The van der Waals surface area contributed by atoms with Crippen molar-refractivity contribution in [2.75, 3.05) is 0 Å². The molecule has 6 heteroatoms. The number of fused-ring (bicyclic) bond motifs is 1. The summed E-state index contributed by atoms with van der Waals surface area (Å²) in [7, 11) is 0. The number of pyridine rings is 2. The third-order valence-electron chi connectivity index (χ3n) is 2.66. The summed E-state index contributed by atoms with van der Waals surface area (Å²) < 4.78 is 1.58. The minimum atomic E-state index is 0.359. The van der Waals surface area contributed by atoms with Crippen molar-refractivity contribution in [1.82, 2.24) is 14.4 Å². The van der Waals surface area contributed by atoms with E-state index >= 15 is 0 Å². The Labute approximate surface area is 118 Å². The van der Waals surface area contributed by atoms with Gasteiger partial charge >= 0.3 is 0 Å². The van der Waals surface area contributed by atoms with Crippen LogP contribution in [0.4, 0.5) is 0 Å². The van der Waals surface area contributed by atoms with Gasteiger partial charge in [0.15, 0.2) is 11.3 Å². The molecule has 0 fully saturated rings. The van der Waals surface area contributed by atoms with E-state index in [9.17, 15) is 5.26 Å². The molecule has 0 aliphatic rings. The Kier molecular flexibility index (Phi) is 2.86. The average Bonchev–Trinajstić information content (AvgIpc) is 2.78. The molecule has 0 unspecified atom stereocenters. The van der Waals surface area contributed by atoms with E-state index < -0.39 is 0 Å². The van der Waals surface area contributed by atoms with Crippen molar-refractivity contribution in [1.29, 1.82) is 5.26 Å². The third kappa shape index (κ3) is 1.93. The molecule has 3 heterocycles. The average molecular weight is 289 g/mol. The fourth-order valence-electron chi connectivity index (χ4n) is 1.86. The Balaban J connectivity index is 2.39. The highest BCUT2D eigenvalue weighted by Crippen LogP contribution is 2.28. The molecule has 0 aliphatic carbocycles. The van der Waals surface area contributed by atoms with Gasteiger partial charge in [-0.1, -0.05) is 29.3 Å². The maximum atomic E-state index is 9.32. The first kappa shape index (κ1) is 12.0. The number of nitriles is 1. The molecular formula is C13H6Cl2N4. The van der Waals surface area contributed by atoms with Gasteiger partial charge in [0.25, 0.3) is 0 Å². The first-order chi connectivity index (χ1) is 9.20. The second-order valence-electron chi connectivity index (χ2n) is 3.84. The van der Waals surface area contributed by atoms with Crippen molar-refractivity contribution in [3.63, 3.8) is 0 Å². The standard InChI is InChI=1S/C13H6Cl2N4/c14-8-5-9(15)13-18-12(10-3-1-2-4-17-10)11(6-16)19(13)7-8/h1-5,7H. The van der Waals surface area contributed by atoms with Crippen LogP contribution in [0.15, 0.2) is 36.7 Å². The molecule has 3 rings (SSSR count). The van der Waals surface area contributed by atoms with Gasteiger partial charge in [-0.2, -0.15) is 5.26 Å². The summed E-state index contributed by atoms with van der Waals surface area (Å²) >= 11 is 12.0. The fourth-order valence-corrected chi connectivity index (χ4v) is 2.37. The first-order valence-electron chi connectivity index (χ1n) is 5.39. The quantitative estimate of drug-likeness (QED) is 0.688. The van der Waals surface area contributed by atoms with Crippen molar-refractivity contribution >= 4 is 28.8 Å². The molecule has 3 aromatic heterocycles. The Bertz CT molecular complexity index is 803. The zero-order chi connectivity index (χ0) is 13.4. The van der Waals surface area contributed by atoms with Crippen LogP contribution < -0.4 is 0 Å². The zero-order valence-corrected chi connectivity index (χ0v) is 11.0. The van der Waals surface area contributed by atoms with Gasteiger partial charge in [-0.3, -0.25) is 9.38 Å². The Morgan fingerprint density at radius 3 is 2.79 bits per heavy atom. The van der Waals surface area contributed by atoms with Crippen LogP contribution in [0.25, 0.3) is 17.0 Å². The number of imidazole rings is 1. The van der Waals surface area contributed by atoms with Crippen LogP contribution in [0, 0.1) is 11.3 Å². The molecule has 92 valence electrons. The number of rotatable bonds is 1. The van der Waals surface area contributed by atoms with Crippen LogP contribution in [-0.4, -0.2) is 14.4 Å². The van der Waals surface area contributed by atoms with E-state index in [2.05, 4.69) is 16.0 Å². The lowest BCUT2D eigenvalue weighted by atomic mass is 10.2. The lowest BCUT2D eigenvalue weighted by Gasteiger charge is -1.98. The van der Waals surface area contributed by atoms with Crippen LogP contribution >= 0.6 is 23.2 Å². The van der Waals surface area contributed by atoms with E-state index in [0.29, 0.717) is 32.8 Å². The molecule has 0 atom stereocenters. The molecule has 4 nitrogen and oxygen atoms in total. The molecule has 0 amide bonds. The normalized spacial score (nSPS) is 10.6. The number of aromatic nitrogens is 3. The van der Waals surface area contributed by atoms with Crippen molar-refractivity contribution in [3.05, 3.63) is 52.4 Å². The van der Waals surface area contributed by atoms with Crippen molar-refractivity contribution in [2.24, 2.45) is 0 Å². The predicted octanol–water partition coefficient (Wildman–Crippen LogP) is 3.57. The maximum absolute atomic E-state index is 9.32. The Hall–Kier alpha value is -2.09. The third-order valence-corrected chi connectivity index (χ3v) is 3.14. The summed E-state index contributed by atoms with van der Waals surface area (Å²) in [6.07, 6.45) is 3.26. The second kappa shape index (κ2) is 4.54. The lowest BCUT2D eigenvalue weighted by molar-refractivity contribution is 1.15. The number of nitrogens with zero attached hydrogens (tertiary/aromatic N) is 4. The summed E-state index contributed by atoms with van der Waals surface area (Å²) in [6.45, 7) is 0. The summed E-state index contributed by atoms with van der Waals surface area (Å²) in [6, 6.07) is 9.13. The van der Waals surface area contributed by atoms with Crippen LogP contribution in [0.5, 0.6) is 0 Å².